The average Bonchev–Trinajstić information content (AvgIpc) is 2.72. The van der Waals surface area contributed by atoms with Crippen molar-refractivity contribution >= 4 is 11.8 Å². The number of aliphatic hydroxyl groups is 1. The van der Waals surface area contributed by atoms with Crippen LogP contribution in [0.3, 0.4) is 0 Å². The summed E-state index contributed by atoms with van der Waals surface area (Å²) < 4.78 is 5.48. The highest BCUT2D eigenvalue weighted by atomic mass is 16.6. The third-order valence-corrected chi connectivity index (χ3v) is 4.75. The molecule has 1 N–H and O–H groups in total. The molecule has 1 fully saturated rings. The number of allylic oxidation sites excluding steroid dienone is 1. The molecule has 1 aliphatic heterocycles. The Kier molecular flexibility index (Phi) is 2.68. The van der Waals surface area contributed by atoms with Crippen LogP contribution >= 0.6 is 0 Å². The molecular formula is C15H18O4. The predicted octanol–water partition coefficient (Wildman–Crippen LogP) is 1.39. The van der Waals surface area contributed by atoms with E-state index in [1.165, 1.54) is 0 Å². The second kappa shape index (κ2) is 4.04. The summed E-state index contributed by atoms with van der Waals surface area (Å²) in [5.41, 5.74) is 2.59. The summed E-state index contributed by atoms with van der Waals surface area (Å²) in [5.74, 6) is -0.957. The first-order valence-electron chi connectivity index (χ1n) is 6.72. The molecule has 3 aliphatic rings. The second-order valence-electron chi connectivity index (χ2n) is 5.96. The maximum absolute atomic E-state index is 12.1. The van der Waals surface area contributed by atoms with Gasteiger partial charge in [-0.3, -0.25) is 9.59 Å². The van der Waals surface area contributed by atoms with Crippen LogP contribution in [0.15, 0.2) is 22.8 Å². The fraction of sp³-hybridized carbons (Fsp3) is 0.600. The van der Waals surface area contributed by atoms with Gasteiger partial charge in [-0.15, -0.1) is 0 Å². The number of esters is 1. The molecule has 19 heavy (non-hydrogen) atoms. The van der Waals surface area contributed by atoms with Crippen molar-refractivity contribution in [1.82, 2.24) is 0 Å². The van der Waals surface area contributed by atoms with E-state index in [1.54, 1.807) is 13.0 Å². The summed E-state index contributed by atoms with van der Waals surface area (Å²) in [6, 6.07) is 0. The van der Waals surface area contributed by atoms with Crippen LogP contribution in [0, 0.1) is 17.8 Å². The molecule has 5 atom stereocenters. The Labute approximate surface area is 112 Å². The van der Waals surface area contributed by atoms with Gasteiger partial charge in [0.2, 0.25) is 0 Å². The smallest absolute Gasteiger partial charge is 0.309 e. The minimum Gasteiger partial charge on any atom is -0.461 e. The molecular weight excluding hydrogens is 244 g/mol. The third kappa shape index (κ3) is 1.62. The lowest BCUT2D eigenvalue weighted by Gasteiger charge is -2.26. The van der Waals surface area contributed by atoms with Gasteiger partial charge in [0, 0.05) is 17.4 Å². The summed E-state index contributed by atoms with van der Waals surface area (Å²) >= 11 is 0. The van der Waals surface area contributed by atoms with E-state index in [-0.39, 0.29) is 29.5 Å². The third-order valence-electron chi connectivity index (χ3n) is 4.75. The summed E-state index contributed by atoms with van der Waals surface area (Å²) in [7, 11) is 0. The first-order chi connectivity index (χ1) is 8.91. The van der Waals surface area contributed by atoms with E-state index in [1.807, 2.05) is 13.8 Å². The zero-order valence-corrected chi connectivity index (χ0v) is 11.3. The molecule has 102 valence electrons. The first-order valence-corrected chi connectivity index (χ1v) is 6.72. The van der Waals surface area contributed by atoms with Crippen molar-refractivity contribution in [1.29, 1.82) is 0 Å². The summed E-state index contributed by atoms with van der Waals surface area (Å²) in [6.45, 7) is 5.59. The van der Waals surface area contributed by atoms with Crippen LogP contribution in [0.2, 0.25) is 0 Å². The maximum atomic E-state index is 12.1. The normalized spacial score (nSPS) is 41.7. The zero-order valence-electron chi connectivity index (χ0n) is 11.3. The molecule has 0 amide bonds. The highest BCUT2D eigenvalue weighted by molar-refractivity contribution is 6.09. The molecule has 1 heterocycles. The lowest BCUT2D eigenvalue weighted by molar-refractivity contribution is -0.144. The van der Waals surface area contributed by atoms with Gasteiger partial charge in [-0.1, -0.05) is 18.1 Å². The van der Waals surface area contributed by atoms with Crippen LogP contribution < -0.4 is 0 Å². The molecule has 0 bridgehead atoms. The largest absolute Gasteiger partial charge is 0.461 e. The maximum Gasteiger partial charge on any atom is 0.309 e. The molecule has 1 saturated heterocycles. The lowest BCUT2D eigenvalue weighted by Crippen LogP contribution is -2.35. The number of hydrogen-bond donors (Lipinski definition) is 1. The molecule has 0 radical (unpaired) electrons. The van der Waals surface area contributed by atoms with Gasteiger partial charge in [0.15, 0.2) is 5.78 Å². The summed E-state index contributed by atoms with van der Waals surface area (Å²) in [6.07, 6.45) is 1.06. The molecule has 0 unspecified atom stereocenters. The standard InChI is InChI=1S/C15H18O4/c1-6-4-10(17)13-8(3)15(18)19-14(13)12-7(2)5-9(16)11(6)12/h5,8,10,12-14,17H,4H2,1-3H3/t8-,10-,12-,13+,14-/m0/s1. The predicted molar refractivity (Wildman–Crippen MR) is 68.1 cm³/mol. The van der Waals surface area contributed by atoms with Gasteiger partial charge in [0.1, 0.15) is 6.10 Å². The van der Waals surface area contributed by atoms with Crippen LogP contribution in [0.5, 0.6) is 0 Å². The number of aliphatic hydroxyl groups excluding tert-OH is 1. The van der Waals surface area contributed by atoms with Gasteiger partial charge >= 0.3 is 5.97 Å². The van der Waals surface area contributed by atoms with E-state index in [9.17, 15) is 14.7 Å². The summed E-state index contributed by atoms with van der Waals surface area (Å²) in [5, 5.41) is 10.3. The van der Waals surface area contributed by atoms with Gasteiger partial charge < -0.3 is 9.84 Å². The number of fused-ring (bicyclic) bond motifs is 3. The average molecular weight is 262 g/mol. The van der Waals surface area contributed by atoms with Gasteiger partial charge in [-0.2, -0.15) is 0 Å². The fourth-order valence-corrected chi connectivity index (χ4v) is 3.82. The van der Waals surface area contributed by atoms with Crippen LogP contribution in [-0.2, 0) is 14.3 Å². The summed E-state index contributed by atoms with van der Waals surface area (Å²) in [4.78, 5) is 23.9. The minimum atomic E-state index is -0.620. The van der Waals surface area contributed by atoms with Crippen molar-refractivity contribution in [3.63, 3.8) is 0 Å². The van der Waals surface area contributed by atoms with Gasteiger partial charge in [-0.25, -0.2) is 0 Å². The van der Waals surface area contributed by atoms with E-state index in [2.05, 4.69) is 0 Å². The molecule has 0 saturated carbocycles. The number of ether oxygens (including phenoxy) is 1. The Hall–Kier alpha value is -1.42. The molecule has 4 nitrogen and oxygen atoms in total. The van der Waals surface area contributed by atoms with E-state index in [0.29, 0.717) is 6.42 Å². The monoisotopic (exact) mass is 262 g/mol. The number of carbonyl (C=O) groups is 2. The Morgan fingerprint density at radius 2 is 2.00 bits per heavy atom. The minimum absolute atomic E-state index is 0.00320. The number of ketones is 1. The Morgan fingerprint density at radius 1 is 1.32 bits per heavy atom. The SMILES string of the molecule is CC1=CC(=O)C2=C(C)C[C@H](O)[C@@H]3[C@@H](OC(=O)[C@H]3C)[C@@H]12. The van der Waals surface area contributed by atoms with Crippen molar-refractivity contribution in [2.45, 2.75) is 39.4 Å². The Morgan fingerprint density at radius 3 is 2.68 bits per heavy atom. The molecule has 0 aromatic carbocycles. The number of carbonyl (C=O) groups excluding carboxylic acids is 2. The van der Waals surface area contributed by atoms with Crippen LogP contribution in [0.1, 0.15) is 27.2 Å². The van der Waals surface area contributed by atoms with Crippen molar-refractivity contribution in [3.8, 4) is 0 Å². The molecule has 0 aromatic heterocycles. The van der Waals surface area contributed by atoms with Crippen molar-refractivity contribution in [2.24, 2.45) is 17.8 Å². The zero-order chi connectivity index (χ0) is 13.9. The molecule has 4 heteroatoms. The topological polar surface area (TPSA) is 63.6 Å². The Bertz CT molecular complexity index is 528. The van der Waals surface area contributed by atoms with Crippen LogP contribution in [0.4, 0.5) is 0 Å². The fourth-order valence-electron chi connectivity index (χ4n) is 3.82. The molecule has 0 aromatic rings. The molecule has 0 spiro atoms. The van der Waals surface area contributed by atoms with E-state index in [4.69, 9.17) is 4.74 Å². The Balaban J connectivity index is 2.11. The van der Waals surface area contributed by atoms with E-state index in [0.717, 1.165) is 16.7 Å². The van der Waals surface area contributed by atoms with Crippen molar-refractivity contribution < 1.29 is 19.4 Å². The lowest BCUT2D eigenvalue weighted by atomic mass is 9.80. The van der Waals surface area contributed by atoms with Gasteiger partial charge in [0.25, 0.3) is 0 Å². The number of hydrogen-bond acceptors (Lipinski definition) is 4. The molecule has 2 aliphatic carbocycles. The highest BCUT2D eigenvalue weighted by Gasteiger charge is 2.53. The van der Waals surface area contributed by atoms with Crippen LogP contribution in [-0.4, -0.2) is 29.1 Å². The highest BCUT2D eigenvalue weighted by Crippen LogP contribution is 2.47. The number of rotatable bonds is 0. The van der Waals surface area contributed by atoms with Gasteiger partial charge in [-0.05, 0) is 26.3 Å². The van der Waals surface area contributed by atoms with Crippen LogP contribution in [0.25, 0.3) is 0 Å². The molecule has 3 rings (SSSR count). The van der Waals surface area contributed by atoms with Crippen molar-refractivity contribution in [2.75, 3.05) is 0 Å². The van der Waals surface area contributed by atoms with E-state index >= 15 is 0 Å². The van der Waals surface area contributed by atoms with Crippen molar-refractivity contribution in [3.05, 3.63) is 22.8 Å². The van der Waals surface area contributed by atoms with E-state index < -0.39 is 12.2 Å². The van der Waals surface area contributed by atoms with Gasteiger partial charge in [0.05, 0.1) is 12.0 Å². The quantitative estimate of drug-likeness (QED) is 0.670. The first kappa shape index (κ1) is 12.6. The second-order valence-corrected chi connectivity index (χ2v) is 5.96.